The molecule has 0 unspecified atom stereocenters. The molecule has 25 heavy (non-hydrogen) atoms. The number of hydrogen-bond acceptors (Lipinski definition) is 4. The Morgan fingerprint density at radius 3 is 2.64 bits per heavy atom. The molecule has 2 fully saturated rings. The second kappa shape index (κ2) is 7.85. The lowest BCUT2D eigenvalue weighted by atomic mass is 10.1. The van der Waals surface area contributed by atoms with Crippen molar-refractivity contribution < 1.29 is 9.53 Å². The summed E-state index contributed by atoms with van der Waals surface area (Å²) in [7, 11) is 0. The van der Waals surface area contributed by atoms with E-state index in [-0.39, 0.29) is 12.0 Å². The average molecular weight is 343 g/mol. The molecule has 0 saturated carbocycles. The van der Waals surface area contributed by atoms with Gasteiger partial charge in [0.25, 0.3) is 0 Å². The van der Waals surface area contributed by atoms with Crippen LogP contribution in [0.2, 0.25) is 0 Å². The highest BCUT2D eigenvalue weighted by Gasteiger charge is 2.29. The van der Waals surface area contributed by atoms with Gasteiger partial charge in [-0.1, -0.05) is 24.3 Å². The third-order valence-electron chi connectivity index (χ3n) is 5.84. The molecule has 3 aliphatic rings. The summed E-state index contributed by atoms with van der Waals surface area (Å²) in [6.45, 7) is 6.24. The second-order valence-electron chi connectivity index (χ2n) is 7.50. The van der Waals surface area contributed by atoms with Gasteiger partial charge in [-0.15, -0.1) is 0 Å². The van der Waals surface area contributed by atoms with Crippen LogP contribution in [-0.4, -0.2) is 73.7 Å². The van der Waals surface area contributed by atoms with Crippen LogP contribution < -0.4 is 5.32 Å². The molecule has 2 saturated heterocycles. The van der Waals surface area contributed by atoms with Gasteiger partial charge in [0.05, 0.1) is 19.1 Å². The summed E-state index contributed by atoms with van der Waals surface area (Å²) in [5, 5.41) is 3.30. The molecule has 1 aromatic carbocycles. The lowest BCUT2D eigenvalue weighted by Gasteiger charge is -2.28. The molecule has 0 aromatic heterocycles. The Morgan fingerprint density at radius 2 is 1.92 bits per heavy atom. The summed E-state index contributed by atoms with van der Waals surface area (Å²) in [4.78, 5) is 17.3. The smallest absolute Gasteiger partial charge is 0.225 e. The standard InChI is InChI=1S/C20H29N3O2/c24-20(14-19-15-21-6-11-25-19)23-8-3-7-22(9-10-23)18-12-16-4-1-2-5-17(16)13-18/h1-2,4-5,18-19,21H,3,6-15H2/t19-/m0/s1. The Balaban J connectivity index is 1.29. The van der Waals surface area contributed by atoms with E-state index >= 15 is 0 Å². The molecule has 1 N–H and O–H groups in total. The van der Waals surface area contributed by atoms with E-state index in [1.807, 2.05) is 0 Å². The van der Waals surface area contributed by atoms with E-state index in [1.165, 1.54) is 11.1 Å². The van der Waals surface area contributed by atoms with Crippen molar-refractivity contribution in [2.45, 2.75) is 37.8 Å². The Labute approximate surface area is 150 Å². The molecule has 0 bridgehead atoms. The number of ether oxygens (including phenoxy) is 1. The zero-order valence-corrected chi connectivity index (χ0v) is 15.0. The average Bonchev–Trinajstić information content (AvgIpc) is 2.91. The molecule has 5 nitrogen and oxygen atoms in total. The van der Waals surface area contributed by atoms with Crippen LogP contribution in [-0.2, 0) is 22.4 Å². The summed E-state index contributed by atoms with van der Waals surface area (Å²) < 4.78 is 5.69. The van der Waals surface area contributed by atoms with Crippen molar-refractivity contribution in [2.24, 2.45) is 0 Å². The third kappa shape index (κ3) is 4.05. The van der Waals surface area contributed by atoms with E-state index < -0.39 is 0 Å². The van der Waals surface area contributed by atoms with Crippen molar-refractivity contribution in [2.75, 3.05) is 45.9 Å². The minimum atomic E-state index is 0.0462. The monoisotopic (exact) mass is 343 g/mol. The molecule has 1 amide bonds. The molecular weight excluding hydrogens is 314 g/mol. The molecule has 2 heterocycles. The molecule has 136 valence electrons. The normalized spacial score (nSPS) is 25.6. The van der Waals surface area contributed by atoms with Crippen LogP contribution in [0.15, 0.2) is 24.3 Å². The number of hydrogen-bond donors (Lipinski definition) is 1. The second-order valence-corrected chi connectivity index (χ2v) is 7.50. The van der Waals surface area contributed by atoms with Crippen LogP contribution in [0.5, 0.6) is 0 Å². The van der Waals surface area contributed by atoms with Gasteiger partial charge in [-0.2, -0.15) is 0 Å². The highest BCUT2D eigenvalue weighted by Crippen LogP contribution is 2.26. The number of carbonyl (C=O) groups is 1. The third-order valence-corrected chi connectivity index (χ3v) is 5.84. The van der Waals surface area contributed by atoms with Gasteiger partial charge in [-0.25, -0.2) is 0 Å². The zero-order valence-electron chi connectivity index (χ0n) is 15.0. The van der Waals surface area contributed by atoms with Crippen molar-refractivity contribution in [3.05, 3.63) is 35.4 Å². The van der Waals surface area contributed by atoms with Crippen LogP contribution in [0, 0.1) is 0 Å². The number of nitrogens with one attached hydrogen (secondary N) is 1. The number of fused-ring (bicyclic) bond motifs is 1. The van der Waals surface area contributed by atoms with Crippen molar-refractivity contribution in [3.8, 4) is 0 Å². The van der Waals surface area contributed by atoms with Crippen LogP contribution >= 0.6 is 0 Å². The van der Waals surface area contributed by atoms with Crippen molar-refractivity contribution in [1.82, 2.24) is 15.1 Å². The predicted octanol–water partition coefficient (Wildman–Crippen LogP) is 1.07. The van der Waals surface area contributed by atoms with Crippen molar-refractivity contribution >= 4 is 5.91 Å². The van der Waals surface area contributed by atoms with Crippen LogP contribution in [0.4, 0.5) is 0 Å². The topological polar surface area (TPSA) is 44.8 Å². The number of morpholine rings is 1. The van der Waals surface area contributed by atoms with Crippen LogP contribution in [0.3, 0.4) is 0 Å². The molecule has 4 rings (SSSR count). The summed E-state index contributed by atoms with van der Waals surface area (Å²) in [6, 6.07) is 9.43. The van der Waals surface area contributed by atoms with E-state index in [0.717, 1.165) is 58.5 Å². The number of nitrogens with zero attached hydrogens (tertiary/aromatic N) is 2. The van der Waals surface area contributed by atoms with E-state index in [0.29, 0.717) is 19.1 Å². The van der Waals surface area contributed by atoms with E-state index in [1.54, 1.807) is 0 Å². The lowest BCUT2D eigenvalue weighted by molar-refractivity contribution is -0.134. The maximum atomic E-state index is 12.6. The SMILES string of the molecule is O=C(C[C@H]1CNCCO1)N1CCCN(C2Cc3ccccc3C2)CC1. The largest absolute Gasteiger partial charge is 0.375 e. The number of amides is 1. The summed E-state index contributed by atoms with van der Waals surface area (Å²) in [5.74, 6) is 0.255. The van der Waals surface area contributed by atoms with E-state index in [4.69, 9.17) is 4.74 Å². The number of carbonyl (C=O) groups excluding carboxylic acids is 1. The first-order valence-corrected chi connectivity index (χ1v) is 9.70. The zero-order chi connectivity index (χ0) is 17.1. The Hall–Kier alpha value is -1.43. The van der Waals surface area contributed by atoms with Gasteiger partial charge >= 0.3 is 0 Å². The predicted molar refractivity (Wildman–Crippen MR) is 97.6 cm³/mol. The quantitative estimate of drug-likeness (QED) is 0.892. The Morgan fingerprint density at radius 1 is 1.12 bits per heavy atom. The molecule has 1 aromatic rings. The minimum absolute atomic E-state index is 0.0462. The first-order chi connectivity index (χ1) is 12.3. The number of benzene rings is 1. The maximum Gasteiger partial charge on any atom is 0.225 e. The van der Waals surface area contributed by atoms with Crippen molar-refractivity contribution in [3.63, 3.8) is 0 Å². The highest BCUT2D eigenvalue weighted by atomic mass is 16.5. The van der Waals surface area contributed by atoms with Crippen LogP contribution in [0.1, 0.15) is 24.0 Å². The Kier molecular flexibility index (Phi) is 5.34. The molecule has 1 aliphatic carbocycles. The van der Waals surface area contributed by atoms with Crippen LogP contribution in [0.25, 0.3) is 0 Å². The highest BCUT2D eigenvalue weighted by molar-refractivity contribution is 5.76. The first-order valence-electron chi connectivity index (χ1n) is 9.70. The first kappa shape index (κ1) is 17.0. The molecule has 0 radical (unpaired) electrons. The molecular formula is C20H29N3O2. The molecule has 0 spiro atoms. The fourth-order valence-corrected chi connectivity index (χ4v) is 4.42. The van der Waals surface area contributed by atoms with E-state index in [2.05, 4.69) is 39.4 Å². The van der Waals surface area contributed by atoms with Gasteiger partial charge in [-0.05, 0) is 30.4 Å². The van der Waals surface area contributed by atoms with E-state index in [9.17, 15) is 4.79 Å². The lowest BCUT2D eigenvalue weighted by Crippen LogP contribution is -2.44. The van der Waals surface area contributed by atoms with Crippen molar-refractivity contribution in [1.29, 1.82) is 0 Å². The van der Waals surface area contributed by atoms with Gasteiger partial charge < -0.3 is 15.0 Å². The van der Waals surface area contributed by atoms with Gasteiger partial charge in [-0.3, -0.25) is 9.69 Å². The fraction of sp³-hybridized carbons (Fsp3) is 0.650. The maximum absolute atomic E-state index is 12.6. The summed E-state index contributed by atoms with van der Waals surface area (Å²) in [6.07, 6.45) is 3.95. The minimum Gasteiger partial charge on any atom is -0.375 e. The van der Waals surface area contributed by atoms with Gasteiger partial charge in [0, 0.05) is 45.3 Å². The van der Waals surface area contributed by atoms with Gasteiger partial charge in [0.15, 0.2) is 0 Å². The summed E-state index contributed by atoms with van der Waals surface area (Å²) in [5.41, 5.74) is 3.01. The molecule has 1 atom stereocenters. The Bertz CT molecular complexity index is 575. The van der Waals surface area contributed by atoms with Gasteiger partial charge in [0.2, 0.25) is 5.91 Å². The summed E-state index contributed by atoms with van der Waals surface area (Å²) >= 11 is 0. The number of rotatable bonds is 3. The fourth-order valence-electron chi connectivity index (χ4n) is 4.42. The molecule has 2 aliphatic heterocycles. The molecule has 5 heteroatoms. The van der Waals surface area contributed by atoms with Gasteiger partial charge in [0.1, 0.15) is 0 Å².